The maximum atomic E-state index is 13.4. The molecular formula is C10H8BrFN2OS. The van der Waals surface area contributed by atoms with Crippen molar-refractivity contribution in [2.45, 2.75) is 0 Å². The van der Waals surface area contributed by atoms with E-state index in [-0.39, 0.29) is 5.75 Å². The summed E-state index contributed by atoms with van der Waals surface area (Å²) in [5.41, 5.74) is 0.639. The highest BCUT2D eigenvalue weighted by Gasteiger charge is 2.05. The average Bonchev–Trinajstić information content (AvgIpc) is 2.64. The molecule has 0 amide bonds. The number of halogens is 2. The fourth-order valence-electron chi connectivity index (χ4n) is 1.18. The zero-order valence-corrected chi connectivity index (χ0v) is 10.7. The Morgan fingerprint density at radius 3 is 2.88 bits per heavy atom. The zero-order chi connectivity index (χ0) is 11.5. The molecule has 0 aliphatic heterocycles. The predicted octanol–water partition coefficient (Wildman–Crippen LogP) is 3.80. The van der Waals surface area contributed by atoms with Crippen LogP contribution in [0.1, 0.15) is 0 Å². The van der Waals surface area contributed by atoms with E-state index in [9.17, 15) is 4.39 Å². The van der Waals surface area contributed by atoms with E-state index < -0.39 is 5.82 Å². The van der Waals surface area contributed by atoms with E-state index in [2.05, 4.69) is 26.2 Å². The van der Waals surface area contributed by atoms with Gasteiger partial charge in [0.15, 0.2) is 16.7 Å². The topological polar surface area (TPSA) is 34.1 Å². The summed E-state index contributed by atoms with van der Waals surface area (Å²) in [5, 5.41) is 5.55. The molecule has 1 N–H and O–H groups in total. The van der Waals surface area contributed by atoms with Crippen LogP contribution in [0.25, 0.3) is 0 Å². The number of methoxy groups -OCH3 is 1. The third-order valence-corrected chi connectivity index (χ3v) is 3.35. The Bertz CT molecular complexity index is 503. The van der Waals surface area contributed by atoms with Gasteiger partial charge in [0.1, 0.15) is 4.60 Å². The number of aromatic nitrogens is 1. The lowest BCUT2D eigenvalue weighted by molar-refractivity contribution is 0.386. The van der Waals surface area contributed by atoms with Crippen molar-refractivity contribution < 1.29 is 9.13 Å². The van der Waals surface area contributed by atoms with Crippen molar-refractivity contribution in [1.82, 2.24) is 4.98 Å². The Kier molecular flexibility index (Phi) is 3.40. The smallest absolute Gasteiger partial charge is 0.188 e. The lowest BCUT2D eigenvalue weighted by Gasteiger charge is -2.05. The van der Waals surface area contributed by atoms with Gasteiger partial charge in [-0.15, -0.1) is 11.3 Å². The molecule has 0 fully saturated rings. The Morgan fingerprint density at radius 2 is 2.31 bits per heavy atom. The summed E-state index contributed by atoms with van der Waals surface area (Å²) in [6.45, 7) is 0. The summed E-state index contributed by atoms with van der Waals surface area (Å²) in [6.07, 6.45) is 0. The summed E-state index contributed by atoms with van der Waals surface area (Å²) in [6, 6.07) is 4.67. The number of benzene rings is 1. The van der Waals surface area contributed by atoms with Crippen LogP contribution in [0.5, 0.6) is 5.75 Å². The molecule has 0 unspecified atom stereocenters. The number of thiazole rings is 1. The minimum absolute atomic E-state index is 0.228. The van der Waals surface area contributed by atoms with Crippen molar-refractivity contribution in [2.24, 2.45) is 0 Å². The highest BCUT2D eigenvalue weighted by molar-refractivity contribution is 9.10. The van der Waals surface area contributed by atoms with Crippen LogP contribution in [0.2, 0.25) is 0 Å². The maximum absolute atomic E-state index is 13.4. The summed E-state index contributed by atoms with van der Waals surface area (Å²) in [7, 11) is 1.43. The molecule has 2 rings (SSSR count). The third kappa shape index (κ3) is 2.51. The first-order valence-corrected chi connectivity index (χ1v) is 6.08. The second kappa shape index (κ2) is 4.80. The van der Waals surface area contributed by atoms with Crippen LogP contribution in [0.3, 0.4) is 0 Å². The van der Waals surface area contributed by atoms with Gasteiger partial charge in [0.05, 0.1) is 7.11 Å². The molecule has 2 aromatic rings. The largest absolute Gasteiger partial charge is 0.494 e. The van der Waals surface area contributed by atoms with E-state index in [1.165, 1.54) is 24.5 Å². The van der Waals surface area contributed by atoms with Crippen molar-refractivity contribution in [2.75, 3.05) is 12.4 Å². The SMILES string of the molecule is COc1ccc(Nc2nc(Br)cs2)cc1F. The number of hydrogen-bond acceptors (Lipinski definition) is 4. The van der Waals surface area contributed by atoms with Gasteiger partial charge in [-0.3, -0.25) is 0 Å². The van der Waals surface area contributed by atoms with Crippen LogP contribution in [0, 0.1) is 5.82 Å². The predicted molar refractivity (Wildman–Crippen MR) is 66.0 cm³/mol. The Morgan fingerprint density at radius 1 is 1.50 bits per heavy atom. The first kappa shape index (κ1) is 11.3. The molecule has 0 bridgehead atoms. The minimum atomic E-state index is -0.400. The zero-order valence-electron chi connectivity index (χ0n) is 8.33. The molecule has 16 heavy (non-hydrogen) atoms. The molecule has 0 saturated carbocycles. The first-order valence-electron chi connectivity index (χ1n) is 4.40. The Labute approximate surface area is 104 Å². The highest BCUT2D eigenvalue weighted by Crippen LogP contribution is 2.26. The molecule has 0 atom stereocenters. The summed E-state index contributed by atoms with van der Waals surface area (Å²) >= 11 is 4.69. The lowest BCUT2D eigenvalue weighted by atomic mass is 10.3. The van der Waals surface area contributed by atoms with Crippen LogP contribution < -0.4 is 10.1 Å². The molecule has 1 aromatic heterocycles. The molecule has 0 saturated heterocycles. The van der Waals surface area contributed by atoms with Gasteiger partial charge in [-0.25, -0.2) is 9.37 Å². The van der Waals surface area contributed by atoms with E-state index >= 15 is 0 Å². The lowest BCUT2D eigenvalue weighted by Crippen LogP contribution is -1.92. The maximum Gasteiger partial charge on any atom is 0.188 e. The monoisotopic (exact) mass is 302 g/mol. The molecule has 3 nitrogen and oxygen atoms in total. The summed E-state index contributed by atoms with van der Waals surface area (Å²) in [5.74, 6) is -0.172. The van der Waals surface area contributed by atoms with Gasteiger partial charge in [0.2, 0.25) is 0 Å². The number of nitrogens with zero attached hydrogens (tertiary/aromatic N) is 1. The van der Waals surface area contributed by atoms with Crippen LogP contribution in [0.15, 0.2) is 28.2 Å². The van der Waals surface area contributed by atoms with Gasteiger partial charge in [0.25, 0.3) is 0 Å². The number of hydrogen-bond donors (Lipinski definition) is 1. The van der Waals surface area contributed by atoms with Crippen LogP contribution in [-0.2, 0) is 0 Å². The second-order valence-electron chi connectivity index (χ2n) is 2.95. The molecule has 0 spiro atoms. The standard InChI is InChI=1S/C10H8BrFN2OS/c1-15-8-3-2-6(4-7(8)12)13-10-14-9(11)5-16-10/h2-5H,1H3,(H,13,14). The molecular weight excluding hydrogens is 295 g/mol. The van der Waals surface area contributed by atoms with Crippen molar-refractivity contribution in [1.29, 1.82) is 0 Å². The molecule has 1 heterocycles. The average molecular weight is 303 g/mol. The van der Waals surface area contributed by atoms with Crippen LogP contribution in [-0.4, -0.2) is 12.1 Å². The number of nitrogens with one attached hydrogen (secondary N) is 1. The highest BCUT2D eigenvalue weighted by atomic mass is 79.9. The van der Waals surface area contributed by atoms with Gasteiger partial charge in [0, 0.05) is 17.1 Å². The van der Waals surface area contributed by atoms with Crippen molar-refractivity contribution in [3.05, 3.63) is 34.0 Å². The molecule has 84 valence electrons. The fourth-order valence-corrected chi connectivity index (χ4v) is 2.34. The van der Waals surface area contributed by atoms with E-state index in [0.29, 0.717) is 10.8 Å². The second-order valence-corrected chi connectivity index (χ2v) is 4.62. The molecule has 0 aliphatic carbocycles. The normalized spacial score (nSPS) is 10.2. The Hall–Kier alpha value is -1.14. The first-order chi connectivity index (χ1) is 7.69. The molecule has 0 aliphatic rings. The Balaban J connectivity index is 2.19. The van der Waals surface area contributed by atoms with E-state index in [0.717, 1.165) is 4.60 Å². The quantitative estimate of drug-likeness (QED) is 0.936. The van der Waals surface area contributed by atoms with E-state index in [1.807, 2.05) is 5.38 Å². The van der Waals surface area contributed by atoms with E-state index in [1.54, 1.807) is 12.1 Å². The van der Waals surface area contributed by atoms with Gasteiger partial charge >= 0.3 is 0 Å². The van der Waals surface area contributed by atoms with Gasteiger partial charge < -0.3 is 10.1 Å². The molecule has 6 heteroatoms. The third-order valence-electron chi connectivity index (χ3n) is 1.88. The fraction of sp³-hybridized carbons (Fsp3) is 0.100. The molecule has 0 radical (unpaired) electrons. The molecule has 1 aromatic carbocycles. The summed E-state index contributed by atoms with van der Waals surface area (Å²) in [4.78, 5) is 4.15. The van der Waals surface area contributed by atoms with Crippen molar-refractivity contribution in [3.63, 3.8) is 0 Å². The minimum Gasteiger partial charge on any atom is -0.494 e. The van der Waals surface area contributed by atoms with Crippen LogP contribution in [0.4, 0.5) is 15.2 Å². The van der Waals surface area contributed by atoms with E-state index in [4.69, 9.17) is 4.74 Å². The van der Waals surface area contributed by atoms with Gasteiger partial charge in [-0.1, -0.05) is 0 Å². The van der Waals surface area contributed by atoms with Crippen molar-refractivity contribution in [3.8, 4) is 5.75 Å². The van der Waals surface area contributed by atoms with Crippen molar-refractivity contribution >= 4 is 38.1 Å². The number of ether oxygens (including phenoxy) is 1. The summed E-state index contributed by atoms with van der Waals surface area (Å²) < 4.78 is 19.0. The van der Waals surface area contributed by atoms with Gasteiger partial charge in [-0.05, 0) is 28.1 Å². The van der Waals surface area contributed by atoms with Gasteiger partial charge in [-0.2, -0.15) is 0 Å². The van der Waals surface area contributed by atoms with Crippen LogP contribution >= 0.6 is 27.3 Å². The number of anilines is 2. The number of rotatable bonds is 3.